The first-order valence-electron chi connectivity index (χ1n) is 7.56. The van der Waals surface area contributed by atoms with Crippen LogP contribution in [0.25, 0.3) is 0 Å². The average molecular weight is 273 g/mol. The van der Waals surface area contributed by atoms with Gasteiger partial charge in [-0.3, -0.25) is 4.79 Å². The van der Waals surface area contributed by atoms with Crippen LogP contribution in [0.4, 0.5) is 0 Å². The van der Waals surface area contributed by atoms with Crippen LogP contribution in [0.3, 0.4) is 0 Å². The molecule has 4 nitrogen and oxygen atoms in total. The van der Waals surface area contributed by atoms with Gasteiger partial charge in [-0.15, -0.1) is 0 Å². The van der Waals surface area contributed by atoms with Gasteiger partial charge in [0.25, 0.3) is 0 Å². The van der Waals surface area contributed by atoms with Crippen LogP contribution in [0, 0.1) is 5.92 Å². The molecule has 0 amide bonds. The first kappa shape index (κ1) is 18.4. The maximum absolute atomic E-state index is 11.3. The number of carbonyl (C=O) groups is 1. The molecule has 0 aliphatic rings. The highest BCUT2D eigenvalue weighted by Gasteiger charge is 2.31. The van der Waals surface area contributed by atoms with Crippen LogP contribution >= 0.6 is 0 Å². The molecule has 0 fully saturated rings. The number of hydrogen-bond acceptors (Lipinski definition) is 3. The monoisotopic (exact) mass is 273 g/mol. The number of nitrogens with one attached hydrogen (secondary N) is 1. The molecule has 0 aromatic heterocycles. The van der Waals surface area contributed by atoms with E-state index in [1.165, 1.54) is 0 Å². The van der Waals surface area contributed by atoms with E-state index in [-0.39, 0.29) is 0 Å². The molecule has 19 heavy (non-hydrogen) atoms. The average Bonchev–Trinajstić information content (AvgIpc) is 2.40. The molecule has 0 spiro atoms. The predicted molar refractivity (Wildman–Crippen MR) is 78.5 cm³/mol. The van der Waals surface area contributed by atoms with E-state index in [0.29, 0.717) is 18.9 Å². The van der Waals surface area contributed by atoms with E-state index >= 15 is 0 Å². The number of ether oxygens (including phenoxy) is 1. The lowest BCUT2D eigenvalue weighted by Gasteiger charge is -2.26. The maximum Gasteiger partial charge on any atom is 0.323 e. The number of hydrogen-bond donors (Lipinski definition) is 2. The van der Waals surface area contributed by atoms with Gasteiger partial charge in [-0.05, 0) is 38.6 Å². The summed E-state index contributed by atoms with van der Waals surface area (Å²) in [5.74, 6) is -0.148. The van der Waals surface area contributed by atoms with Crippen molar-refractivity contribution in [1.82, 2.24) is 5.32 Å². The van der Waals surface area contributed by atoms with Crippen molar-refractivity contribution in [2.24, 2.45) is 5.92 Å². The number of carboxylic acid groups (broad SMARTS) is 1. The number of aliphatic carboxylic acids is 1. The summed E-state index contributed by atoms with van der Waals surface area (Å²) in [4.78, 5) is 11.3. The van der Waals surface area contributed by atoms with Gasteiger partial charge in [-0.2, -0.15) is 0 Å². The van der Waals surface area contributed by atoms with Crippen molar-refractivity contribution in [2.45, 2.75) is 65.3 Å². The summed E-state index contributed by atoms with van der Waals surface area (Å²) in [7, 11) is 0. The Hall–Kier alpha value is -0.610. The van der Waals surface area contributed by atoms with Gasteiger partial charge in [-0.25, -0.2) is 0 Å². The van der Waals surface area contributed by atoms with E-state index in [2.05, 4.69) is 19.2 Å². The molecule has 114 valence electrons. The highest BCUT2D eigenvalue weighted by Crippen LogP contribution is 2.14. The fraction of sp³-hybridized carbons (Fsp3) is 0.933. The van der Waals surface area contributed by atoms with E-state index < -0.39 is 11.5 Å². The highest BCUT2D eigenvalue weighted by atomic mass is 16.5. The Morgan fingerprint density at radius 2 is 1.95 bits per heavy atom. The molecular weight excluding hydrogens is 242 g/mol. The van der Waals surface area contributed by atoms with Crippen molar-refractivity contribution in [2.75, 3.05) is 19.8 Å². The Balaban J connectivity index is 3.90. The molecule has 0 aliphatic carbocycles. The van der Waals surface area contributed by atoms with Crippen molar-refractivity contribution in [1.29, 1.82) is 0 Å². The highest BCUT2D eigenvalue weighted by molar-refractivity contribution is 5.78. The van der Waals surface area contributed by atoms with E-state index in [1.54, 1.807) is 6.92 Å². The second-order valence-corrected chi connectivity index (χ2v) is 5.43. The fourth-order valence-corrected chi connectivity index (χ4v) is 1.97. The molecular formula is C15H31NO3. The molecule has 1 atom stereocenters. The normalized spacial score (nSPS) is 14.6. The molecule has 2 N–H and O–H groups in total. The Morgan fingerprint density at radius 1 is 1.32 bits per heavy atom. The molecule has 0 saturated heterocycles. The van der Waals surface area contributed by atoms with Gasteiger partial charge < -0.3 is 15.2 Å². The van der Waals surface area contributed by atoms with Crippen LogP contribution < -0.4 is 5.32 Å². The van der Waals surface area contributed by atoms with Crippen molar-refractivity contribution in [3.63, 3.8) is 0 Å². The lowest BCUT2D eigenvalue weighted by Crippen LogP contribution is -2.49. The topological polar surface area (TPSA) is 58.6 Å². The van der Waals surface area contributed by atoms with Gasteiger partial charge in [0.15, 0.2) is 0 Å². The fourth-order valence-electron chi connectivity index (χ4n) is 1.97. The van der Waals surface area contributed by atoms with Gasteiger partial charge in [-0.1, -0.05) is 33.6 Å². The quantitative estimate of drug-likeness (QED) is 0.537. The SMILES string of the molecule is CCCNC(C)(CCCOCC(CC)CC)C(=O)O. The van der Waals surface area contributed by atoms with Gasteiger partial charge in [0.2, 0.25) is 0 Å². The van der Waals surface area contributed by atoms with E-state index in [1.807, 2.05) is 6.92 Å². The summed E-state index contributed by atoms with van der Waals surface area (Å²) < 4.78 is 5.64. The molecule has 0 radical (unpaired) electrons. The lowest BCUT2D eigenvalue weighted by molar-refractivity contribution is -0.144. The zero-order valence-corrected chi connectivity index (χ0v) is 13.0. The summed E-state index contributed by atoms with van der Waals surface area (Å²) in [5, 5.41) is 12.4. The Kier molecular flexibility index (Phi) is 9.88. The predicted octanol–water partition coefficient (Wildman–Crippen LogP) is 3.06. The molecule has 0 saturated carbocycles. The van der Waals surface area contributed by atoms with E-state index in [4.69, 9.17) is 4.74 Å². The second-order valence-electron chi connectivity index (χ2n) is 5.43. The maximum atomic E-state index is 11.3. The first-order valence-corrected chi connectivity index (χ1v) is 7.56. The smallest absolute Gasteiger partial charge is 0.323 e. The molecule has 0 aromatic rings. The molecule has 0 aromatic carbocycles. The minimum Gasteiger partial charge on any atom is -0.480 e. The van der Waals surface area contributed by atoms with Crippen molar-refractivity contribution in [3.05, 3.63) is 0 Å². The van der Waals surface area contributed by atoms with Crippen LogP contribution in [0.5, 0.6) is 0 Å². The summed E-state index contributed by atoms with van der Waals surface area (Å²) in [6.07, 6.45) is 4.60. The van der Waals surface area contributed by atoms with Gasteiger partial charge in [0.05, 0.1) is 0 Å². The number of rotatable bonds is 12. The molecule has 0 heterocycles. The summed E-state index contributed by atoms with van der Waals surface area (Å²) >= 11 is 0. The summed E-state index contributed by atoms with van der Waals surface area (Å²) in [6.45, 7) is 10.3. The van der Waals surface area contributed by atoms with E-state index in [0.717, 1.165) is 38.8 Å². The van der Waals surface area contributed by atoms with Crippen LogP contribution in [0.2, 0.25) is 0 Å². The van der Waals surface area contributed by atoms with Crippen LogP contribution in [0.15, 0.2) is 0 Å². The molecule has 0 aliphatic heterocycles. The molecule has 0 rings (SSSR count). The van der Waals surface area contributed by atoms with Gasteiger partial charge in [0, 0.05) is 13.2 Å². The minimum atomic E-state index is -0.825. The lowest BCUT2D eigenvalue weighted by atomic mass is 9.96. The largest absolute Gasteiger partial charge is 0.480 e. The van der Waals surface area contributed by atoms with Crippen LogP contribution in [-0.2, 0) is 9.53 Å². The second kappa shape index (κ2) is 10.2. The molecule has 1 unspecified atom stereocenters. The minimum absolute atomic E-state index is 0.602. The van der Waals surface area contributed by atoms with E-state index in [9.17, 15) is 9.90 Å². The Labute approximate surface area is 117 Å². The Bertz CT molecular complexity index is 242. The molecule has 4 heteroatoms. The van der Waals surface area contributed by atoms with Gasteiger partial charge >= 0.3 is 5.97 Å². The zero-order valence-electron chi connectivity index (χ0n) is 13.0. The van der Waals surface area contributed by atoms with Crippen molar-refractivity contribution >= 4 is 5.97 Å². The summed E-state index contributed by atoms with van der Waals surface area (Å²) in [6, 6.07) is 0. The molecule has 0 bridgehead atoms. The number of carboxylic acids is 1. The van der Waals surface area contributed by atoms with Gasteiger partial charge in [0.1, 0.15) is 5.54 Å². The summed E-state index contributed by atoms with van der Waals surface area (Å²) in [5.41, 5.74) is -0.825. The Morgan fingerprint density at radius 3 is 2.42 bits per heavy atom. The van der Waals surface area contributed by atoms with Crippen LogP contribution in [0.1, 0.15) is 59.8 Å². The first-order chi connectivity index (χ1) is 9.00. The zero-order chi connectivity index (χ0) is 14.7. The third kappa shape index (κ3) is 7.53. The van der Waals surface area contributed by atoms with Crippen LogP contribution in [-0.4, -0.2) is 36.4 Å². The van der Waals surface area contributed by atoms with Crippen molar-refractivity contribution < 1.29 is 14.6 Å². The standard InChI is InChI=1S/C15H31NO3/c1-5-10-16-15(4,14(17)18)9-8-11-19-12-13(6-2)7-3/h13,16H,5-12H2,1-4H3,(H,17,18). The van der Waals surface area contributed by atoms with Crippen molar-refractivity contribution in [3.8, 4) is 0 Å². The third-order valence-electron chi connectivity index (χ3n) is 3.71. The third-order valence-corrected chi connectivity index (χ3v) is 3.71.